The number of carbonyl (C=O) groups excluding carboxylic acids is 1. The van der Waals surface area contributed by atoms with Crippen LogP contribution in [0.1, 0.15) is 66.6 Å². The molecule has 0 aliphatic carbocycles. The fourth-order valence-electron chi connectivity index (χ4n) is 5.71. The van der Waals surface area contributed by atoms with Crippen molar-refractivity contribution in [2.45, 2.75) is 72.7 Å². The Hall–Kier alpha value is -3.78. The number of nitrogens with two attached hydrogens (primary N) is 1. The van der Waals surface area contributed by atoms with Gasteiger partial charge in [0.2, 0.25) is 5.91 Å². The van der Waals surface area contributed by atoms with Crippen LogP contribution >= 0.6 is 0 Å². The third-order valence-electron chi connectivity index (χ3n) is 8.12. The van der Waals surface area contributed by atoms with Crippen LogP contribution in [0.25, 0.3) is 11.0 Å². The van der Waals surface area contributed by atoms with Crippen LogP contribution in [0.3, 0.4) is 0 Å². The molecule has 1 aliphatic rings. The molecular weight excluding hydrogens is 488 g/mol. The van der Waals surface area contributed by atoms with Crippen LogP contribution in [0.2, 0.25) is 0 Å². The first-order valence-corrected chi connectivity index (χ1v) is 13.8. The smallest absolute Gasteiger partial charge is 0.221 e. The topological polar surface area (TPSA) is 99.2 Å². The summed E-state index contributed by atoms with van der Waals surface area (Å²) < 4.78 is 8.16. The molecule has 0 radical (unpaired) electrons. The van der Waals surface area contributed by atoms with Gasteiger partial charge in [0.1, 0.15) is 17.4 Å². The van der Waals surface area contributed by atoms with Crippen molar-refractivity contribution in [3.63, 3.8) is 0 Å². The van der Waals surface area contributed by atoms with Gasteiger partial charge in [0.05, 0.1) is 11.2 Å². The van der Waals surface area contributed by atoms with E-state index < -0.39 is 5.92 Å². The molecule has 1 aliphatic heterocycles. The molecular formula is C31H38N6O2. The maximum Gasteiger partial charge on any atom is 0.221 e. The van der Waals surface area contributed by atoms with E-state index in [2.05, 4.69) is 78.2 Å². The van der Waals surface area contributed by atoms with E-state index in [-0.39, 0.29) is 17.9 Å². The van der Waals surface area contributed by atoms with Crippen molar-refractivity contribution in [2.75, 3.05) is 6.54 Å². The Morgan fingerprint density at radius 1 is 1.18 bits per heavy atom. The number of aromatic nitrogens is 4. The van der Waals surface area contributed by atoms with Crippen LogP contribution in [0.5, 0.6) is 5.75 Å². The molecule has 0 saturated carbocycles. The van der Waals surface area contributed by atoms with Gasteiger partial charge in [-0.2, -0.15) is 0 Å². The Morgan fingerprint density at radius 2 is 2.00 bits per heavy atom. The summed E-state index contributed by atoms with van der Waals surface area (Å²) in [6.07, 6.45) is 2.85. The predicted octanol–water partition coefficient (Wildman–Crippen LogP) is 4.89. The highest BCUT2D eigenvalue weighted by atomic mass is 16.5. The molecule has 39 heavy (non-hydrogen) atoms. The molecule has 1 amide bonds. The molecule has 2 aromatic heterocycles. The van der Waals surface area contributed by atoms with Gasteiger partial charge in [-0.15, -0.1) is 5.10 Å². The molecule has 3 atom stereocenters. The molecule has 0 bridgehead atoms. The molecule has 2 aromatic carbocycles. The lowest BCUT2D eigenvalue weighted by Gasteiger charge is -2.27. The second-order valence-electron chi connectivity index (χ2n) is 10.7. The number of fused-ring (bicyclic) bond motifs is 2. The Bertz CT molecular complexity index is 1500. The monoisotopic (exact) mass is 526 g/mol. The van der Waals surface area contributed by atoms with Crippen molar-refractivity contribution in [3.05, 3.63) is 82.2 Å². The van der Waals surface area contributed by atoms with Crippen molar-refractivity contribution in [1.82, 2.24) is 24.9 Å². The number of ether oxygens (including phenoxy) is 1. The van der Waals surface area contributed by atoms with Gasteiger partial charge in [0.15, 0.2) is 0 Å². The zero-order valence-electron chi connectivity index (χ0n) is 23.5. The highest BCUT2D eigenvalue weighted by molar-refractivity contribution is 5.82. The van der Waals surface area contributed by atoms with E-state index in [4.69, 9.17) is 10.5 Å². The molecule has 8 nitrogen and oxygen atoms in total. The fourth-order valence-corrected chi connectivity index (χ4v) is 5.71. The SMILES string of the molecule is CCC1CN(Cc2cc([C@@H](c3ccc4c(nnn4CC)c3C)[C@@H](C)C(N)=O)ccc2C)Cc2ncccc2O1. The fraction of sp³-hybridized carbons (Fsp3) is 0.419. The summed E-state index contributed by atoms with van der Waals surface area (Å²) >= 11 is 0. The highest BCUT2D eigenvalue weighted by Gasteiger charge is 2.29. The maximum absolute atomic E-state index is 12.6. The van der Waals surface area contributed by atoms with Crippen LogP contribution in [0.15, 0.2) is 48.7 Å². The molecule has 0 fully saturated rings. The summed E-state index contributed by atoms with van der Waals surface area (Å²) in [7, 11) is 0. The van der Waals surface area contributed by atoms with Gasteiger partial charge in [-0.1, -0.05) is 43.3 Å². The molecule has 1 unspecified atom stereocenters. The van der Waals surface area contributed by atoms with Gasteiger partial charge in [-0.3, -0.25) is 14.7 Å². The Balaban J connectivity index is 1.53. The second kappa shape index (κ2) is 11.1. The second-order valence-corrected chi connectivity index (χ2v) is 10.7. The van der Waals surface area contributed by atoms with Crippen LogP contribution in [-0.4, -0.2) is 43.4 Å². The van der Waals surface area contributed by atoms with Crippen molar-refractivity contribution in [1.29, 1.82) is 0 Å². The predicted molar refractivity (Wildman–Crippen MR) is 152 cm³/mol. The highest BCUT2D eigenvalue weighted by Crippen LogP contribution is 2.37. The van der Waals surface area contributed by atoms with Crippen LogP contribution in [-0.2, 0) is 24.4 Å². The molecule has 8 heteroatoms. The number of amides is 1. The lowest BCUT2D eigenvalue weighted by molar-refractivity contribution is -0.121. The van der Waals surface area contributed by atoms with E-state index in [1.54, 1.807) is 0 Å². The molecule has 2 N–H and O–H groups in total. The Kier molecular flexibility index (Phi) is 7.66. The van der Waals surface area contributed by atoms with Crippen molar-refractivity contribution >= 4 is 16.9 Å². The summed E-state index contributed by atoms with van der Waals surface area (Å²) in [5, 5.41) is 8.76. The minimum Gasteiger partial charge on any atom is -0.487 e. The van der Waals surface area contributed by atoms with E-state index in [0.717, 1.165) is 71.8 Å². The quantitative estimate of drug-likeness (QED) is 0.351. The summed E-state index contributed by atoms with van der Waals surface area (Å²) in [6, 6.07) is 14.6. The first-order chi connectivity index (χ1) is 18.8. The first kappa shape index (κ1) is 26.8. The molecule has 204 valence electrons. The number of primary amides is 1. The lowest BCUT2D eigenvalue weighted by atomic mass is 9.78. The number of pyridine rings is 1. The van der Waals surface area contributed by atoms with Gasteiger partial charge in [-0.25, -0.2) is 4.68 Å². The average Bonchev–Trinajstić information content (AvgIpc) is 3.27. The van der Waals surface area contributed by atoms with Crippen molar-refractivity contribution in [2.24, 2.45) is 11.7 Å². The minimum atomic E-state index is -0.398. The number of hydrogen-bond acceptors (Lipinski definition) is 6. The van der Waals surface area contributed by atoms with Gasteiger partial charge >= 0.3 is 0 Å². The number of hydrogen-bond donors (Lipinski definition) is 1. The normalized spacial score (nSPS) is 17.3. The minimum absolute atomic E-state index is 0.104. The molecule has 0 saturated heterocycles. The summed E-state index contributed by atoms with van der Waals surface area (Å²) in [4.78, 5) is 19.6. The van der Waals surface area contributed by atoms with Crippen molar-refractivity contribution < 1.29 is 9.53 Å². The zero-order chi connectivity index (χ0) is 27.7. The largest absolute Gasteiger partial charge is 0.487 e. The first-order valence-electron chi connectivity index (χ1n) is 13.8. The standard InChI is InChI=1S/C31H38N6O2/c1-6-24-17-36(18-26-28(39-24)9-8-14-33-26)16-23-15-22(11-10-19(23)3)29(21(5)31(32)38)25-12-13-27-30(20(25)4)34-35-37(27)7-2/h8-15,21,24,29H,6-7,16-18H2,1-5H3,(H2,32,38)/t21-,24?,29+/m1/s1. The molecule has 4 aromatic rings. The number of nitrogens with zero attached hydrogens (tertiary/aromatic N) is 5. The molecule has 0 spiro atoms. The van der Waals surface area contributed by atoms with Gasteiger partial charge in [0.25, 0.3) is 0 Å². The third-order valence-corrected chi connectivity index (χ3v) is 8.12. The van der Waals surface area contributed by atoms with E-state index in [0.29, 0.717) is 0 Å². The third kappa shape index (κ3) is 5.26. The number of carbonyl (C=O) groups is 1. The molecule has 3 heterocycles. The summed E-state index contributed by atoms with van der Waals surface area (Å²) in [5.74, 6) is -0.0446. The average molecular weight is 527 g/mol. The van der Waals surface area contributed by atoms with Gasteiger partial charge in [-0.05, 0) is 73.2 Å². The van der Waals surface area contributed by atoms with Crippen LogP contribution in [0.4, 0.5) is 0 Å². The van der Waals surface area contributed by atoms with Crippen molar-refractivity contribution in [3.8, 4) is 5.75 Å². The van der Waals surface area contributed by atoms with E-state index in [1.807, 2.05) is 29.9 Å². The maximum atomic E-state index is 12.6. The van der Waals surface area contributed by atoms with Crippen LogP contribution < -0.4 is 10.5 Å². The van der Waals surface area contributed by atoms with Gasteiger partial charge in [0, 0.05) is 44.2 Å². The Morgan fingerprint density at radius 3 is 2.74 bits per heavy atom. The Labute approximate surface area is 230 Å². The molecule has 5 rings (SSSR count). The number of benzene rings is 2. The zero-order valence-corrected chi connectivity index (χ0v) is 23.5. The summed E-state index contributed by atoms with van der Waals surface area (Å²) in [6.45, 7) is 13.4. The number of rotatable bonds is 8. The van der Waals surface area contributed by atoms with E-state index in [9.17, 15) is 4.79 Å². The summed E-state index contributed by atoms with van der Waals surface area (Å²) in [5.41, 5.74) is 14.3. The van der Waals surface area contributed by atoms with Crippen LogP contribution in [0, 0.1) is 19.8 Å². The lowest BCUT2D eigenvalue weighted by Crippen LogP contribution is -2.32. The van der Waals surface area contributed by atoms with E-state index >= 15 is 0 Å². The van der Waals surface area contributed by atoms with E-state index in [1.165, 1.54) is 11.1 Å². The van der Waals surface area contributed by atoms with Gasteiger partial charge < -0.3 is 10.5 Å². The number of aryl methyl sites for hydroxylation is 3.